The van der Waals surface area contributed by atoms with E-state index in [1.807, 2.05) is 12.1 Å². The Morgan fingerprint density at radius 3 is 3.00 bits per heavy atom. The lowest BCUT2D eigenvalue weighted by Crippen LogP contribution is -2.26. The van der Waals surface area contributed by atoms with Crippen LogP contribution in [0.1, 0.15) is 48.7 Å². The Bertz CT molecular complexity index is 936. The molecule has 5 nitrogen and oxygen atoms in total. The summed E-state index contributed by atoms with van der Waals surface area (Å²) in [7, 11) is 1.78. The summed E-state index contributed by atoms with van der Waals surface area (Å²) in [5, 5.41) is 3.44. The number of aromatic nitrogens is 3. The summed E-state index contributed by atoms with van der Waals surface area (Å²) in [6, 6.07) is 10.3. The minimum Gasteiger partial charge on any atom is -0.342 e. The number of nitrogens with one attached hydrogen (secondary N) is 2. The Morgan fingerprint density at radius 2 is 2.21 bits per heavy atom. The second-order valence-electron chi connectivity index (χ2n) is 6.72. The number of H-pyrrole nitrogens is 1. The molecule has 2 N–H and O–H groups in total. The van der Waals surface area contributed by atoms with Crippen LogP contribution in [0.5, 0.6) is 0 Å². The van der Waals surface area contributed by atoms with Gasteiger partial charge in [-0.15, -0.1) is 0 Å². The first kappa shape index (κ1) is 15.1. The highest BCUT2D eigenvalue weighted by Crippen LogP contribution is 2.39. The van der Waals surface area contributed by atoms with Crippen LogP contribution in [-0.4, -0.2) is 14.5 Å². The predicted molar refractivity (Wildman–Crippen MR) is 95.0 cm³/mol. The minimum atomic E-state index is 0.0512. The first-order valence-corrected chi connectivity index (χ1v) is 8.49. The van der Waals surface area contributed by atoms with Crippen molar-refractivity contribution in [3.05, 3.63) is 63.8 Å². The summed E-state index contributed by atoms with van der Waals surface area (Å²) in [5.74, 6) is 1.75. The number of imidazole rings is 1. The van der Waals surface area contributed by atoms with E-state index in [-0.39, 0.29) is 11.6 Å². The van der Waals surface area contributed by atoms with Crippen molar-refractivity contribution in [3.63, 3.8) is 0 Å². The number of nitrogens with zero attached hydrogens (tertiary/aromatic N) is 2. The molecule has 1 aliphatic carbocycles. The molecule has 3 aromatic rings. The molecule has 1 unspecified atom stereocenters. The van der Waals surface area contributed by atoms with Gasteiger partial charge in [-0.3, -0.25) is 4.79 Å². The normalized spacial score (nSPS) is 15.8. The first-order chi connectivity index (χ1) is 11.6. The maximum Gasteiger partial charge on any atom is 0.254 e. The Hall–Kier alpha value is -2.40. The Balaban J connectivity index is 1.51. The molecule has 124 valence electrons. The number of fused-ring (bicyclic) bond motifs is 1. The highest BCUT2D eigenvalue weighted by Gasteiger charge is 2.26. The van der Waals surface area contributed by atoms with E-state index in [9.17, 15) is 4.79 Å². The molecule has 4 rings (SSSR count). The molecular weight excluding hydrogens is 300 g/mol. The van der Waals surface area contributed by atoms with Crippen molar-refractivity contribution in [3.8, 4) is 0 Å². The van der Waals surface area contributed by atoms with Gasteiger partial charge in [-0.2, -0.15) is 0 Å². The number of pyridine rings is 1. The monoisotopic (exact) mass is 322 g/mol. The number of rotatable bonds is 5. The van der Waals surface area contributed by atoms with Crippen molar-refractivity contribution in [2.45, 2.75) is 38.3 Å². The molecule has 0 radical (unpaired) electrons. The molecule has 0 amide bonds. The van der Waals surface area contributed by atoms with E-state index in [2.05, 4.69) is 40.4 Å². The maximum absolute atomic E-state index is 12.1. The zero-order valence-corrected chi connectivity index (χ0v) is 14.0. The van der Waals surface area contributed by atoms with Gasteiger partial charge >= 0.3 is 0 Å². The lowest BCUT2D eigenvalue weighted by atomic mass is 10.1. The molecule has 1 aromatic carbocycles. The smallest absolute Gasteiger partial charge is 0.254 e. The summed E-state index contributed by atoms with van der Waals surface area (Å²) < 4.78 is 1.61. The molecule has 0 saturated heterocycles. The van der Waals surface area contributed by atoms with Gasteiger partial charge in [-0.25, -0.2) is 4.98 Å². The molecule has 2 heterocycles. The minimum absolute atomic E-state index is 0.0512. The van der Waals surface area contributed by atoms with Gasteiger partial charge < -0.3 is 14.9 Å². The number of hydrogen-bond acceptors (Lipinski definition) is 3. The van der Waals surface area contributed by atoms with Crippen LogP contribution >= 0.6 is 0 Å². The summed E-state index contributed by atoms with van der Waals surface area (Å²) in [5.41, 5.74) is 4.16. The van der Waals surface area contributed by atoms with Crippen LogP contribution in [0.4, 0.5) is 0 Å². The van der Waals surface area contributed by atoms with Crippen LogP contribution in [0, 0.1) is 0 Å². The summed E-state index contributed by atoms with van der Waals surface area (Å²) >= 11 is 0. The predicted octanol–water partition coefficient (Wildman–Crippen LogP) is 2.99. The fourth-order valence-corrected chi connectivity index (χ4v) is 3.04. The van der Waals surface area contributed by atoms with E-state index < -0.39 is 0 Å². The largest absolute Gasteiger partial charge is 0.342 e. The Kier molecular flexibility index (Phi) is 3.73. The quantitative estimate of drug-likeness (QED) is 0.759. The van der Waals surface area contributed by atoms with Crippen LogP contribution in [0.25, 0.3) is 11.0 Å². The molecule has 1 fully saturated rings. The molecule has 5 heteroatoms. The van der Waals surface area contributed by atoms with Crippen molar-refractivity contribution < 1.29 is 0 Å². The second kappa shape index (κ2) is 5.91. The van der Waals surface area contributed by atoms with Crippen LogP contribution < -0.4 is 10.9 Å². The SMILES string of the molecule is CC(NCc1cccn(C)c1=O)c1ccc2nc(C3CC3)[nH]c2c1. The maximum atomic E-state index is 12.1. The highest BCUT2D eigenvalue weighted by molar-refractivity contribution is 5.76. The summed E-state index contributed by atoms with van der Waals surface area (Å²) in [6.45, 7) is 2.68. The van der Waals surface area contributed by atoms with E-state index >= 15 is 0 Å². The van der Waals surface area contributed by atoms with Crippen molar-refractivity contribution >= 4 is 11.0 Å². The molecular formula is C19H22N4O. The third-order valence-corrected chi connectivity index (χ3v) is 4.79. The van der Waals surface area contributed by atoms with Crippen molar-refractivity contribution in [2.75, 3.05) is 0 Å². The van der Waals surface area contributed by atoms with E-state index in [1.54, 1.807) is 17.8 Å². The van der Waals surface area contributed by atoms with Gasteiger partial charge in [0, 0.05) is 37.3 Å². The van der Waals surface area contributed by atoms with Crippen molar-refractivity contribution in [1.82, 2.24) is 19.9 Å². The first-order valence-electron chi connectivity index (χ1n) is 8.49. The highest BCUT2D eigenvalue weighted by atomic mass is 16.1. The zero-order valence-electron chi connectivity index (χ0n) is 14.0. The van der Waals surface area contributed by atoms with Gasteiger partial charge in [0.1, 0.15) is 5.82 Å². The molecule has 1 saturated carbocycles. The van der Waals surface area contributed by atoms with Crippen LogP contribution in [0.2, 0.25) is 0 Å². The second-order valence-corrected chi connectivity index (χ2v) is 6.72. The van der Waals surface area contributed by atoms with Gasteiger partial charge in [-0.1, -0.05) is 12.1 Å². The van der Waals surface area contributed by atoms with Gasteiger partial charge in [0.15, 0.2) is 0 Å². The molecule has 1 atom stereocenters. The van der Waals surface area contributed by atoms with E-state index in [0.29, 0.717) is 12.5 Å². The number of aryl methyl sites for hydroxylation is 1. The van der Waals surface area contributed by atoms with Gasteiger partial charge in [0.05, 0.1) is 11.0 Å². The van der Waals surface area contributed by atoms with Gasteiger partial charge in [-0.05, 0) is 43.5 Å². The number of aromatic amines is 1. The molecule has 2 aromatic heterocycles. The molecule has 0 aliphatic heterocycles. The fourth-order valence-electron chi connectivity index (χ4n) is 3.04. The average molecular weight is 322 g/mol. The van der Waals surface area contributed by atoms with E-state index in [1.165, 1.54) is 18.4 Å². The lowest BCUT2D eigenvalue weighted by Gasteiger charge is -2.14. The molecule has 24 heavy (non-hydrogen) atoms. The third-order valence-electron chi connectivity index (χ3n) is 4.79. The molecule has 1 aliphatic rings. The van der Waals surface area contributed by atoms with Crippen LogP contribution in [0.15, 0.2) is 41.3 Å². The Labute approximate surface area is 140 Å². The fraction of sp³-hybridized carbons (Fsp3) is 0.368. The van der Waals surface area contributed by atoms with E-state index in [4.69, 9.17) is 0 Å². The van der Waals surface area contributed by atoms with Crippen LogP contribution in [0.3, 0.4) is 0 Å². The zero-order chi connectivity index (χ0) is 16.7. The third kappa shape index (κ3) is 2.87. The van der Waals surface area contributed by atoms with Gasteiger partial charge in [0.25, 0.3) is 5.56 Å². The summed E-state index contributed by atoms with van der Waals surface area (Å²) in [6.07, 6.45) is 4.27. The number of hydrogen-bond donors (Lipinski definition) is 2. The topological polar surface area (TPSA) is 62.7 Å². The van der Waals surface area contributed by atoms with Crippen molar-refractivity contribution in [2.24, 2.45) is 7.05 Å². The van der Waals surface area contributed by atoms with Crippen LogP contribution in [-0.2, 0) is 13.6 Å². The lowest BCUT2D eigenvalue weighted by molar-refractivity contribution is 0.569. The Morgan fingerprint density at radius 1 is 1.38 bits per heavy atom. The number of benzene rings is 1. The van der Waals surface area contributed by atoms with Gasteiger partial charge in [0.2, 0.25) is 0 Å². The van der Waals surface area contributed by atoms with Crippen molar-refractivity contribution in [1.29, 1.82) is 0 Å². The van der Waals surface area contributed by atoms with E-state index in [0.717, 1.165) is 22.4 Å². The molecule has 0 spiro atoms. The average Bonchev–Trinajstić information content (AvgIpc) is 3.34. The summed E-state index contributed by atoms with van der Waals surface area (Å²) in [4.78, 5) is 20.2. The standard InChI is InChI=1S/C19H22N4O/c1-12(20-11-15-4-3-9-23(2)19(15)24)14-7-8-16-17(10-14)22-18(21-16)13-5-6-13/h3-4,7-10,12-13,20H,5-6,11H2,1-2H3,(H,21,22). The molecule has 0 bridgehead atoms.